The highest BCUT2D eigenvalue weighted by atomic mass is 19.2. The molecule has 0 atom stereocenters. The third kappa shape index (κ3) is 1.74. The molecule has 0 N–H and O–H groups in total. The van der Waals surface area contributed by atoms with Crippen LogP contribution >= 0.6 is 0 Å². The van der Waals surface area contributed by atoms with Crippen LogP contribution in [0.1, 0.15) is 5.69 Å². The standard InChI is InChI=1S/C11H7F5N2O/c1-4-3-5(19)18(17(4)2)11-9(15)7(13)6(12)8(14)10(11)16/h3H,1-2H3. The normalized spacial score (nSPS) is 11.1. The molecule has 0 aliphatic carbocycles. The molecule has 0 unspecified atom stereocenters. The summed E-state index contributed by atoms with van der Waals surface area (Å²) < 4.78 is 67.5. The van der Waals surface area contributed by atoms with Gasteiger partial charge in [0.15, 0.2) is 23.3 Å². The van der Waals surface area contributed by atoms with Crippen molar-refractivity contribution >= 4 is 0 Å². The number of hydrogen-bond acceptors (Lipinski definition) is 1. The highest BCUT2D eigenvalue weighted by Gasteiger charge is 2.28. The van der Waals surface area contributed by atoms with Crippen LogP contribution in [0, 0.1) is 36.0 Å². The van der Waals surface area contributed by atoms with Gasteiger partial charge in [0.05, 0.1) is 0 Å². The Labute approximate surface area is 103 Å². The number of aromatic nitrogens is 2. The van der Waals surface area contributed by atoms with Crippen molar-refractivity contribution in [1.82, 2.24) is 9.36 Å². The zero-order valence-corrected chi connectivity index (χ0v) is 9.77. The minimum atomic E-state index is -2.27. The number of aryl methyl sites for hydroxylation is 1. The first-order valence-corrected chi connectivity index (χ1v) is 5.04. The Hall–Kier alpha value is -2.12. The van der Waals surface area contributed by atoms with Gasteiger partial charge in [-0.25, -0.2) is 26.6 Å². The molecule has 0 bridgehead atoms. The molecular formula is C11H7F5N2O. The first-order chi connectivity index (χ1) is 8.77. The number of halogens is 5. The lowest BCUT2D eigenvalue weighted by Crippen LogP contribution is -2.23. The number of rotatable bonds is 1. The van der Waals surface area contributed by atoms with E-state index in [1.807, 2.05) is 0 Å². The van der Waals surface area contributed by atoms with Crippen LogP contribution in [0.4, 0.5) is 22.0 Å². The minimum absolute atomic E-state index is 0.300. The highest BCUT2D eigenvalue weighted by molar-refractivity contribution is 5.37. The fraction of sp³-hybridized carbons (Fsp3) is 0.182. The topological polar surface area (TPSA) is 26.9 Å². The summed E-state index contributed by atoms with van der Waals surface area (Å²) >= 11 is 0. The molecule has 1 heterocycles. The molecule has 0 saturated carbocycles. The lowest BCUT2D eigenvalue weighted by atomic mass is 10.2. The van der Waals surface area contributed by atoms with Crippen LogP contribution in [0.3, 0.4) is 0 Å². The Morgan fingerprint density at radius 3 is 1.68 bits per heavy atom. The van der Waals surface area contributed by atoms with Crippen LogP contribution in [-0.2, 0) is 7.05 Å². The van der Waals surface area contributed by atoms with E-state index in [1.54, 1.807) is 0 Å². The van der Waals surface area contributed by atoms with Gasteiger partial charge in [-0.3, -0.25) is 9.48 Å². The monoisotopic (exact) mass is 278 g/mol. The van der Waals surface area contributed by atoms with E-state index in [4.69, 9.17) is 0 Å². The average molecular weight is 278 g/mol. The molecule has 2 rings (SSSR count). The third-order valence-corrected chi connectivity index (χ3v) is 2.75. The van der Waals surface area contributed by atoms with E-state index in [9.17, 15) is 26.7 Å². The largest absolute Gasteiger partial charge is 0.285 e. The SMILES string of the molecule is Cc1cc(=O)n(-c2c(F)c(F)c(F)c(F)c2F)n1C. The van der Waals surface area contributed by atoms with Gasteiger partial charge in [-0.15, -0.1) is 0 Å². The molecule has 1 aromatic carbocycles. The van der Waals surface area contributed by atoms with Gasteiger partial charge in [-0.1, -0.05) is 0 Å². The molecule has 0 saturated heterocycles. The molecule has 1 aromatic heterocycles. The zero-order valence-electron chi connectivity index (χ0n) is 9.77. The minimum Gasteiger partial charge on any atom is -0.285 e. The Balaban J connectivity index is 2.95. The van der Waals surface area contributed by atoms with Crippen LogP contribution in [0.15, 0.2) is 10.9 Å². The highest BCUT2D eigenvalue weighted by Crippen LogP contribution is 2.25. The predicted molar refractivity (Wildman–Crippen MR) is 55.5 cm³/mol. The summed E-state index contributed by atoms with van der Waals surface area (Å²) in [6.07, 6.45) is 0. The van der Waals surface area contributed by atoms with Crippen LogP contribution in [0.5, 0.6) is 0 Å². The van der Waals surface area contributed by atoms with Gasteiger partial charge in [0, 0.05) is 18.8 Å². The van der Waals surface area contributed by atoms with E-state index >= 15 is 0 Å². The third-order valence-electron chi connectivity index (χ3n) is 2.75. The first kappa shape index (κ1) is 13.3. The molecule has 19 heavy (non-hydrogen) atoms. The Bertz CT molecular complexity index is 703. The summed E-state index contributed by atoms with van der Waals surface area (Å²) in [7, 11) is 1.26. The maximum atomic E-state index is 13.6. The van der Waals surface area contributed by atoms with Gasteiger partial charge >= 0.3 is 0 Å². The van der Waals surface area contributed by atoms with Crippen molar-refractivity contribution in [2.24, 2.45) is 7.05 Å². The van der Waals surface area contributed by atoms with Crippen molar-refractivity contribution in [3.8, 4) is 5.69 Å². The van der Waals surface area contributed by atoms with Crippen molar-refractivity contribution in [3.05, 3.63) is 51.2 Å². The first-order valence-electron chi connectivity index (χ1n) is 5.04. The van der Waals surface area contributed by atoms with Crippen molar-refractivity contribution in [3.63, 3.8) is 0 Å². The summed E-state index contributed by atoms with van der Waals surface area (Å²) in [4.78, 5) is 11.5. The van der Waals surface area contributed by atoms with Crippen molar-refractivity contribution in [2.45, 2.75) is 6.92 Å². The van der Waals surface area contributed by atoms with Gasteiger partial charge in [0.25, 0.3) is 5.56 Å². The molecule has 102 valence electrons. The summed E-state index contributed by atoms with van der Waals surface area (Å²) in [5, 5.41) is 0. The molecule has 0 spiro atoms. The van der Waals surface area contributed by atoms with E-state index in [0.717, 1.165) is 10.7 Å². The van der Waals surface area contributed by atoms with E-state index in [-0.39, 0.29) is 0 Å². The molecule has 0 aliphatic rings. The zero-order chi connectivity index (χ0) is 14.5. The van der Waals surface area contributed by atoms with Gasteiger partial charge in [-0.05, 0) is 6.92 Å². The molecule has 0 aliphatic heterocycles. The maximum absolute atomic E-state index is 13.6. The molecule has 0 amide bonds. The second-order valence-corrected chi connectivity index (χ2v) is 3.88. The van der Waals surface area contributed by atoms with Gasteiger partial charge in [0.1, 0.15) is 5.69 Å². The summed E-state index contributed by atoms with van der Waals surface area (Å²) in [5.74, 6) is -10.6. The van der Waals surface area contributed by atoms with Gasteiger partial charge in [0.2, 0.25) is 5.82 Å². The van der Waals surface area contributed by atoms with Gasteiger partial charge in [-0.2, -0.15) is 0 Å². The molecule has 8 heteroatoms. The predicted octanol–water partition coefficient (Wildman–Crippen LogP) is 2.18. The van der Waals surface area contributed by atoms with Crippen molar-refractivity contribution < 1.29 is 22.0 Å². The van der Waals surface area contributed by atoms with Crippen LogP contribution in [-0.4, -0.2) is 9.36 Å². The van der Waals surface area contributed by atoms with E-state index < -0.39 is 40.3 Å². The second-order valence-electron chi connectivity index (χ2n) is 3.88. The number of nitrogens with zero attached hydrogens (tertiary/aromatic N) is 2. The maximum Gasteiger partial charge on any atom is 0.271 e. The fourth-order valence-electron chi connectivity index (χ4n) is 1.68. The lowest BCUT2D eigenvalue weighted by molar-refractivity contribution is 0.370. The quantitative estimate of drug-likeness (QED) is 0.446. The molecule has 3 nitrogen and oxygen atoms in total. The Kier molecular flexibility index (Phi) is 2.95. The average Bonchev–Trinajstić information content (AvgIpc) is 2.61. The van der Waals surface area contributed by atoms with Gasteiger partial charge < -0.3 is 0 Å². The summed E-state index contributed by atoms with van der Waals surface area (Å²) in [6.45, 7) is 1.45. The molecule has 0 radical (unpaired) electrons. The number of benzene rings is 1. The smallest absolute Gasteiger partial charge is 0.271 e. The Morgan fingerprint density at radius 1 is 0.895 bits per heavy atom. The second kappa shape index (κ2) is 4.22. The number of hydrogen-bond donors (Lipinski definition) is 0. The van der Waals surface area contributed by atoms with E-state index in [1.165, 1.54) is 14.0 Å². The van der Waals surface area contributed by atoms with E-state index in [0.29, 0.717) is 10.4 Å². The fourth-order valence-corrected chi connectivity index (χ4v) is 1.68. The molecule has 0 fully saturated rings. The van der Waals surface area contributed by atoms with Crippen molar-refractivity contribution in [2.75, 3.05) is 0 Å². The van der Waals surface area contributed by atoms with E-state index in [2.05, 4.69) is 0 Å². The summed E-state index contributed by atoms with van der Waals surface area (Å²) in [5.41, 5.74) is -1.89. The lowest BCUT2D eigenvalue weighted by Gasteiger charge is -2.12. The summed E-state index contributed by atoms with van der Waals surface area (Å²) in [6, 6.07) is 1.01. The van der Waals surface area contributed by atoms with Crippen LogP contribution in [0.25, 0.3) is 5.69 Å². The molecule has 2 aromatic rings. The van der Waals surface area contributed by atoms with Crippen LogP contribution in [0.2, 0.25) is 0 Å². The van der Waals surface area contributed by atoms with Crippen molar-refractivity contribution in [1.29, 1.82) is 0 Å². The van der Waals surface area contributed by atoms with Crippen LogP contribution < -0.4 is 5.56 Å². The molecular weight excluding hydrogens is 271 g/mol. The Morgan fingerprint density at radius 2 is 1.32 bits per heavy atom.